The summed E-state index contributed by atoms with van der Waals surface area (Å²) in [5.74, 6) is 0.296. The maximum Gasteiger partial charge on any atom is 0.140 e. The fourth-order valence-electron chi connectivity index (χ4n) is 2.83. The van der Waals surface area contributed by atoms with Crippen LogP contribution in [0.5, 0.6) is 0 Å². The van der Waals surface area contributed by atoms with Gasteiger partial charge in [-0.15, -0.1) is 11.3 Å². The number of ether oxygens (including phenoxy) is 1. The number of carbonyl (C=O) groups is 1. The van der Waals surface area contributed by atoms with Crippen molar-refractivity contribution in [3.8, 4) is 0 Å². The lowest BCUT2D eigenvalue weighted by atomic mass is 9.76. The number of hydrogen-bond donors (Lipinski definition) is 0. The van der Waals surface area contributed by atoms with Crippen molar-refractivity contribution in [2.75, 3.05) is 7.11 Å². The van der Waals surface area contributed by atoms with E-state index in [1.807, 2.05) is 12.1 Å². The molecule has 0 saturated heterocycles. The number of carbonyl (C=O) groups excluding carboxylic acids is 1. The number of benzene rings is 1. The van der Waals surface area contributed by atoms with Gasteiger partial charge in [0.05, 0.1) is 5.60 Å². The summed E-state index contributed by atoms with van der Waals surface area (Å²) in [5.41, 5.74) is 1.01. The van der Waals surface area contributed by atoms with E-state index in [0.717, 1.165) is 18.4 Å². The van der Waals surface area contributed by atoms with Gasteiger partial charge in [-0.05, 0) is 41.7 Å². The van der Waals surface area contributed by atoms with E-state index in [0.29, 0.717) is 18.6 Å². The zero-order valence-corrected chi connectivity index (χ0v) is 12.0. The molecular formula is C16H18O2S. The molecule has 0 unspecified atom stereocenters. The molecule has 3 rings (SSSR count). The molecule has 0 spiro atoms. The van der Waals surface area contributed by atoms with Crippen molar-refractivity contribution in [1.29, 1.82) is 0 Å². The maximum atomic E-state index is 12.2. The molecule has 0 N–H and O–H groups in total. The predicted molar refractivity (Wildman–Crippen MR) is 78.7 cm³/mol. The Balaban J connectivity index is 1.72. The highest BCUT2D eigenvalue weighted by Crippen LogP contribution is 2.38. The second kappa shape index (κ2) is 5.06. The molecule has 0 radical (unpaired) electrons. The lowest BCUT2D eigenvalue weighted by Crippen LogP contribution is -2.41. The number of methoxy groups -OCH3 is 1. The Morgan fingerprint density at radius 2 is 2.16 bits per heavy atom. The molecule has 3 heteroatoms. The summed E-state index contributed by atoms with van der Waals surface area (Å²) in [5, 5.41) is 3.34. The summed E-state index contributed by atoms with van der Waals surface area (Å²) in [6.45, 7) is 0. The highest BCUT2D eigenvalue weighted by Gasteiger charge is 2.38. The van der Waals surface area contributed by atoms with E-state index >= 15 is 0 Å². The fraction of sp³-hybridized carbons (Fsp3) is 0.438. The van der Waals surface area contributed by atoms with Gasteiger partial charge in [0.2, 0.25) is 0 Å². The van der Waals surface area contributed by atoms with E-state index in [1.54, 1.807) is 18.4 Å². The first kappa shape index (κ1) is 12.8. The number of ketones is 1. The Labute approximate surface area is 117 Å². The van der Waals surface area contributed by atoms with Crippen LogP contribution < -0.4 is 0 Å². The molecule has 0 atom stereocenters. The van der Waals surface area contributed by atoms with Crippen LogP contribution in [0.2, 0.25) is 0 Å². The molecule has 2 aromatic rings. The molecule has 1 heterocycles. The largest absolute Gasteiger partial charge is 0.378 e. The SMILES string of the molecule is COC1(CC(=O)Cc2csc3ccccc23)CCC1. The van der Waals surface area contributed by atoms with Gasteiger partial charge in [-0.3, -0.25) is 4.79 Å². The molecule has 1 aromatic heterocycles. The first-order valence-corrected chi connectivity index (χ1v) is 7.62. The monoisotopic (exact) mass is 274 g/mol. The van der Waals surface area contributed by atoms with Gasteiger partial charge in [0.1, 0.15) is 5.78 Å². The van der Waals surface area contributed by atoms with E-state index in [-0.39, 0.29) is 5.60 Å². The molecule has 1 aliphatic rings. The highest BCUT2D eigenvalue weighted by atomic mass is 32.1. The minimum absolute atomic E-state index is 0.150. The second-order valence-electron chi connectivity index (χ2n) is 5.39. The van der Waals surface area contributed by atoms with Crippen molar-refractivity contribution in [2.45, 2.75) is 37.7 Å². The first-order valence-electron chi connectivity index (χ1n) is 6.74. The van der Waals surface area contributed by atoms with Gasteiger partial charge in [0.15, 0.2) is 0 Å². The topological polar surface area (TPSA) is 26.3 Å². The fourth-order valence-corrected chi connectivity index (χ4v) is 3.79. The van der Waals surface area contributed by atoms with Gasteiger partial charge in [-0.25, -0.2) is 0 Å². The Morgan fingerprint density at radius 3 is 2.84 bits per heavy atom. The Morgan fingerprint density at radius 1 is 1.37 bits per heavy atom. The minimum Gasteiger partial charge on any atom is -0.378 e. The molecule has 0 amide bonds. The van der Waals surface area contributed by atoms with Gasteiger partial charge in [-0.2, -0.15) is 0 Å². The lowest BCUT2D eigenvalue weighted by molar-refractivity contribution is -0.131. The zero-order valence-electron chi connectivity index (χ0n) is 11.1. The van der Waals surface area contributed by atoms with Crippen LogP contribution in [0.3, 0.4) is 0 Å². The van der Waals surface area contributed by atoms with E-state index in [4.69, 9.17) is 4.74 Å². The van der Waals surface area contributed by atoms with Crippen molar-refractivity contribution >= 4 is 27.2 Å². The molecule has 100 valence electrons. The van der Waals surface area contributed by atoms with Crippen LogP contribution in [-0.2, 0) is 16.0 Å². The third-order valence-corrected chi connectivity index (χ3v) is 5.18. The van der Waals surface area contributed by atoms with Gasteiger partial charge in [-0.1, -0.05) is 18.2 Å². The van der Waals surface area contributed by atoms with Crippen LogP contribution >= 0.6 is 11.3 Å². The third kappa shape index (κ3) is 2.45. The average Bonchev–Trinajstić information content (AvgIpc) is 2.78. The van der Waals surface area contributed by atoms with Crippen LogP contribution in [0, 0.1) is 0 Å². The number of fused-ring (bicyclic) bond motifs is 1. The van der Waals surface area contributed by atoms with E-state index in [9.17, 15) is 4.79 Å². The summed E-state index contributed by atoms with van der Waals surface area (Å²) in [6.07, 6.45) is 4.34. The molecule has 1 fully saturated rings. The minimum atomic E-state index is -0.150. The summed E-state index contributed by atoms with van der Waals surface area (Å²) in [7, 11) is 1.73. The molecular weight excluding hydrogens is 256 g/mol. The normalized spacial score (nSPS) is 17.3. The van der Waals surface area contributed by atoms with Crippen LogP contribution in [0.15, 0.2) is 29.6 Å². The lowest BCUT2D eigenvalue weighted by Gasteiger charge is -2.40. The van der Waals surface area contributed by atoms with Crippen LogP contribution in [0.4, 0.5) is 0 Å². The summed E-state index contributed by atoms with van der Waals surface area (Å²) in [4.78, 5) is 12.2. The number of thiophene rings is 1. The van der Waals surface area contributed by atoms with E-state index in [2.05, 4.69) is 17.5 Å². The third-order valence-electron chi connectivity index (χ3n) is 4.17. The second-order valence-corrected chi connectivity index (χ2v) is 6.30. The van der Waals surface area contributed by atoms with Crippen LogP contribution in [0.1, 0.15) is 31.2 Å². The maximum absolute atomic E-state index is 12.2. The molecule has 1 saturated carbocycles. The summed E-state index contributed by atoms with van der Waals surface area (Å²) < 4.78 is 6.79. The zero-order chi connectivity index (χ0) is 13.3. The average molecular weight is 274 g/mol. The summed E-state index contributed by atoms with van der Waals surface area (Å²) in [6, 6.07) is 8.28. The molecule has 0 bridgehead atoms. The predicted octanol–water partition coefficient (Wildman–Crippen LogP) is 3.97. The Kier molecular flexibility index (Phi) is 3.42. The quantitative estimate of drug-likeness (QED) is 0.824. The van der Waals surface area contributed by atoms with Crippen LogP contribution in [-0.4, -0.2) is 18.5 Å². The van der Waals surface area contributed by atoms with E-state index < -0.39 is 0 Å². The Bertz CT molecular complexity index is 590. The number of hydrogen-bond acceptors (Lipinski definition) is 3. The van der Waals surface area contributed by atoms with Gasteiger partial charge >= 0.3 is 0 Å². The van der Waals surface area contributed by atoms with Gasteiger partial charge in [0, 0.05) is 24.7 Å². The first-order chi connectivity index (χ1) is 9.22. The molecule has 0 aliphatic heterocycles. The summed E-state index contributed by atoms with van der Waals surface area (Å²) >= 11 is 1.72. The van der Waals surface area contributed by atoms with E-state index in [1.165, 1.54) is 16.5 Å². The van der Waals surface area contributed by atoms with Gasteiger partial charge in [0.25, 0.3) is 0 Å². The van der Waals surface area contributed by atoms with Crippen molar-refractivity contribution in [2.24, 2.45) is 0 Å². The molecule has 2 nitrogen and oxygen atoms in total. The molecule has 1 aromatic carbocycles. The van der Waals surface area contributed by atoms with Gasteiger partial charge < -0.3 is 4.74 Å². The van der Waals surface area contributed by atoms with Crippen molar-refractivity contribution in [3.63, 3.8) is 0 Å². The molecule has 1 aliphatic carbocycles. The molecule has 19 heavy (non-hydrogen) atoms. The Hall–Kier alpha value is -1.19. The van der Waals surface area contributed by atoms with Crippen LogP contribution in [0.25, 0.3) is 10.1 Å². The highest BCUT2D eigenvalue weighted by molar-refractivity contribution is 7.17. The standard InChI is InChI=1S/C16H18O2S/c1-18-16(7-4-8-16)10-13(17)9-12-11-19-15-6-3-2-5-14(12)15/h2-3,5-6,11H,4,7-10H2,1H3. The number of Topliss-reactive ketones (excluding diaryl/α,β-unsaturated/α-hetero) is 1. The smallest absolute Gasteiger partial charge is 0.140 e. The van der Waals surface area contributed by atoms with Crippen molar-refractivity contribution in [3.05, 3.63) is 35.2 Å². The number of rotatable bonds is 5. The van der Waals surface area contributed by atoms with Crippen molar-refractivity contribution < 1.29 is 9.53 Å². The van der Waals surface area contributed by atoms with Crippen molar-refractivity contribution in [1.82, 2.24) is 0 Å².